The first kappa shape index (κ1) is 15.6. The minimum absolute atomic E-state index is 0.102. The van der Waals surface area contributed by atoms with Gasteiger partial charge >= 0.3 is 6.36 Å². The fourth-order valence-corrected chi connectivity index (χ4v) is 2.12. The molecule has 0 aliphatic carbocycles. The van der Waals surface area contributed by atoms with Crippen LogP contribution in [0.4, 0.5) is 17.6 Å². The number of ether oxygens (including phenoxy) is 1. The van der Waals surface area contributed by atoms with E-state index in [9.17, 15) is 17.6 Å². The Hall–Kier alpha value is -1.79. The summed E-state index contributed by atoms with van der Waals surface area (Å²) in [6.45, 7) is 0. The molecule has 0 fully saturated rings. The highest BCUT2D eigenvalue weighted by Gasteiger charge is 2.31. The summed E-state index contributed by atoms with van der Waals surface area (Å²) in [6.07, 6.45) is -4.78. The van der Waals surface area contributed by atoms with Gasteiger partial charge in [-0.15, -0.1) is 13.2 Å². The standard InChI is InChI=1S/C14H10ClF4NO/c15-12-7-9(16)4-5-11(12)13(20)8-2-1-3-10(6-8)21-14(17,18)19/h1-7,13H,20H2. The molecule has 2 nitrogen and oxygen atoms in total. The van der Waals surface area contributed by atoms with Gasteiger partial charge in [0.15, 0.2) is 0 Å². The molecule has 0 aliphatic rings. The maximum absolute atomic E-state index is 13.0. The van der Waals surface area contributed by atoms with E-state index in [1.54, 1.807) is 0 Å². The Morgan fingerprint density at radius 2 is 1.81 bits per heavy atom. The van der Waals surface area contributed by atoms with Crippen molar-refractivity contribution in [2.24, 2.45) is 5.73 Å². The van der Waals surface area contributed by atoms with E-state index in [2.05, 4.69) is 4.74 Å². The third-order valence-electron chi connectivity index (χ3n) is 2.75. The second kappa shape index (κ2) is 5.91. The highest BCUT2D eigenvalue weighted by atomic mass is 35.5. The smallest absolute Gasteiger partial charge is 0.406 e. The van der Waals surface area contributed by atoms with Crippen LogP contribution in [0.25, 0.3) is 0 Å². The van der Waals surface area contributed by atoms with Gasteiger partial charge in [-0.25, -0.2) is 4.39 Å². The Labute approximate surface area is 123 Å². The van der Waals surface area contributed by atoms with Gasteiger partial charge in [0, 0.05) is 5.02 Å². The average Bonchev–Trinajstić information content (AvgIpc) is 2.36. The predicted octanol–water partition coefficient (Wildman–Crippen LogP) is 4.43. The van der Waals surface area contributed by atoms with Gasteiger partial charge in [-0.3, -0.25) is 0 Å². The van der Waals surface area contributed by atoms with E-state index >= 15 is 0 Å². The molecule has 0 radical (unpaired) electrons. The van der Waals surface area contributed by atoms with Crippen LogP contribution in [-0.2, 0) is 0 Å². The molecular formula is C14H10ClF4NO. The first-order valence-electron chi connectivity index (χ1n) is 5.82. The SMILES string of the molecule is NC(c1cccc(OC(F)(F)F)c1)c1ccc(F)cc1Cl. The highest BCUT2D eigenvalue weighted by molar-refractivity contribution is 6.31. The van der Waals surface area contributed by atoms with E-state index in [0.29, 0.717) is 11.1 Å². The van der Waals surface area contributed by atoms with Gasteiger partial charge in [-0.2, -0.15) is 0 Å². The van der Waals surface area contributed by atoms with Gasteiger partial charge in [-0.1, -0.05) is 29.8 Å². The summed E-state index contributed by atoms with van der Waals surface area (Å²) in [7, 11) is 0. The largest absolute Gasteiger partial charge is 0.573 e. The van der Waals surface area contributed by atoms with Gasteiger partial charge in [0.2, 0.25) is 0 Å². The number of hydrogen-bond donors (Lipinski definition) is 1. The van der Waals surface area contributed by atoms with E-state index in [-0.39, 0.29) is 10.8 Å². The lowest BCUT2D eigenvalue weighted by atomic mass is 9.99. The average molecular weight is 320 g/mol. The van der Waals surface area contributed by atoms with Crippen LogP contribution in [0.3, 0.4) is 0 Å². The first-order valence-corrected chi connectivity index (χ1v) is 6.20. The molecule has 0 saturated heterocycles. The molecule has 0 spiro atoms. The molecule has 0 saturated carbocycles. The van der Waals surface area contributed by atoms with Crippen LogP contribution in [0.2, 0.25) is 5.02 Å². The van der Waals surface area contributed by atoms with E-state index in [1.165, 1.54) is 24.3 Å². The van der Waals surface area contributed by atoms with Crippen LogP contribution in [-0.4, -0.2) is 6.36 Å². The molecule has 1 atom stereocenters. The number of hydrogen-bond acceptors (Lipinski definition) is 2. The van der Waals surface area contributed by atoms with Crippen molar-refractivity contribution >= 4 is 11.6 Å². The third kappa shape index (κ3) is 4.09. The molecule has 1 unspecified atom stereocenters. The maximum atomic E-state index is 13.0. The monoisotopic (exact) mass is 319 g/mol. The molecule has 0 amide bonds. The van der Waals surface area contributed by atoms with Gasteiger partial charge in [0.25, 0.3) is 0 Å². The van der Waals surface area contributed by atoms with E-state index < -0.39 is 18.2 Å². The summed E-state index contributed by atoms with van der Waals surface area (Å²) >= 11 is 5.89. The summed E-state index contributed by atoms with van der Waals surface area (Å²) in [4.78, 5) is 0. The highest BCUT2D eigenvalue weighted by Crippen LogP contribution is 2.30. The summed E-state index contributed by atoms with van der Waals surface area (Å²) in [5.74, 6) is -0.904. The van der Waals surface area contributed by atoms with Crippen LogP contribution in [0.5, 0.6) is 5.75 Å². The van der Waals surface area contributed by atoms with E-state index in [0.717, 1.165) is 18.2 Å². The Balaban J connectivity index is 2.31. The normalized spacial score (nSPS) is 13.0. The fraction of sp³-hybridized carbons (Fsp3) is 0.143. The zero-order chi connectivity index (χ0) is 15.6. The van der Waals surface area contributed by atoms with Crippen molar-refractivity contribution in [2.45, 2.75) is 12.4 Å². The molecule has 0 heterocycles. The Morgan fingerprint density at radius 3 is 2.43 bits per heavy atom. The van der Waals surface area contributed by atoms with Crippen molar-refractivity contribution in [3.63, 3.8) is 0 Å². The quantitative estimate of drug-likeness (QED) is 0.850. The Kier molecular flexibility index (Phi) is 4.39. The number of nitrogens with two attached hydrogens (primary N) is 1. The van der Waals surface area contributed by atoms with Crippen molar-refractivity contribution in [1.82, 2.24) is 0 Å². The zero-order valence-electron chi connectivity index (χ0n) is 10.5. The molecule has 2 aromatic carbocycles. The van der Waals surface area contributed by atoms with E-state index in [1.807, 2.05) is 0 Å². The topological polar surface area (TPSA) is 35.2 Å². The second-order valence-corrected chi connectivity index (χ2v) is 4.67. The van der Waals surface area contributed by atoms with Crippen LogP contribution in [0.1, 0.15) is 17.2 Å². The molecule has 0 aliphatic heterocycles. The molecule has 2 aromatic rings. The van der Waals surface area contributed by atoms with Crippen LogP contribution in [0.15, 0.2) is 42.5 Å². The molecule has 0 aromatic heterocycles. The molecule has 7 heteroatoms. The number of rotatable bonds is 3. The molecule has 0 bridgehead atoms. The Morgan fingerprint density at radius 1 is 1.10 bits per heavy atom. The molecule has 21 heavy (non-hydrogen) atoms. The zero-order valence-corrected chi connectivity index (χ0v) is 11.3. The van der Waals surface area contributed by atoms with Gasteiger partial charge in [0.1, 0.15) is 11.6 Å². The molecule has 2 rings (SSSR count). The minimum atomic E-state index is -4.78. The lowest BCUT2D eigenvalue weighted by molar-refractivity contribution is -0.274. The first-order chi connectivity index (χ1) is 9.76. The van der Waals surface area contributed by atoms with Crippen molar-refractivity contribution in [2.75, 3.05) is 0 Å². The van der Waals surface area contributed by atoms with Crippen molar-refractivity contribution in [3.05, 3.63) is 64.4 Å². The summed E-state index contributed by atoms with van der Waals surface area (Å²) in [5, 5.41) is 0.102. The number of benzene rings is 2. The van der Waals surface area contributed by atoms with Crippen molar-refractivity contribution in [3.8, 4) is 5.75 Å². The second-order valence-electron chi connectivity index (χ2n) is 4.26. The van der Waals surface area contributed by atoms with Gasteiger partial charge in [-0.05, 0) is 35.4 Å². The summed E-state index contributed by atoms with van der Waals surface area (Å²) < 4.78 is 53.4. The maximum Gasteiger partial charge on any atom is 0.573 e. The van der Waals surface area contributed by atoms with Crippen LogP contribution < -0.4 is 10.5 Å². The van der Waals surface area contributed by atoms with Crippen molar-refractivity contribution in [1.29, 1.82) is 0 Å². The number of alkyl halides is 3. The molecule has 112 valence electrons. The van der Waals surface area contributed by atoms with Gasteiger partial charge in [0.05, 0.1) is 6.04 Å². The van der Waals surface area contributed by atoms with E-state index in [4.69, 9.17) is 17.3 Å². The summed E-state index contributed by atoms with van der Waals surface area (Å²) in [5.41, 5.74) is 6.73. The minimum Gasteiger partial charge on any atom is -0.406 e. The Bertz CT molecular complexity index is 645. The summed E-state index contributed by atoms with van der Waals surface area (Å²) in [6, 6.07) is 8.11. The van der Waals surface area contributed by atoms with Crippen LogP contribution in [0, 0.1) is 5.82 Å². The molecular weight excluding hydrogens is 310 g/mol. The van der Waals surface area contributed by atoms with Crippen LogP contribution >= 0.6 is 11.6 Å². The lowest BCUT2D eigenvalue weighted by Crippen LogP contribution is -2.18. The molecule has 2 N–H and O–H groups in total. The predicted molar refractivity (Wildman–Crippen MR) is 70.6 cm³/mol. The lowest BCUT2D eigenvalue weighted by Gasteiger charge is -2.16. The number of halogens is 5. The fourth-order valence-electron chi connectivity index (χ4n) is 1.84. The van der Waals surface area contributed by atoms with Crippen molar-refractivity contribution < 1.29 is 22.3 Å². The third-order valence-corrected chi connectivity index (χ3v) is 3.08. The van der Waals surface area contributed by atoms with Gasteiger partial charge < -0.3 is 10.5 Å².